The highest BCUT2D eigenvalue weighted by molar-refractivity contribution is 7.94. The molecule has 0 saturated heterocycles. The second kappa shape index (κ2) is 19.2. The number of benzene rings is 5. The van der Waals surface area contributed by atoms with E-state index in [-0.39, 0.29) is 81.6 Å². The van der Waals surface area contributed by atoms with Gasteiger partial charge in [-0.05, 0) is 90.7 Å². The van der Waals surface area contributed by atoms with Crippen LogP contribution in [0.25, 0.3) is 21.9 Å². The summed E-state index contributed by atoms with van der Waals surface area (Å²) in [5.74, 6) is -0.0606. The first kappa shape index (κ1) is 46.9. The summed E-state index contributed by atoms with van der Waals surface area (Å²) in [6.45, 7) is 1.54. The van der Waals surface area contributed by atoms with Crippen molar-refractivity contribution in [3.05, 3.63) is 126 Å². The number of anilines is 4. The lowest BCUT2D eigenvalue weighted by Gasteiger charge is -2.16. The van der Waals surface area contributed by atoms with Gasteiger partial charge in [-0.1, -0.05) is 52.8 Å². The van der Waals surface area contributed by atoms with E-state index in [9.17, 15) is 49.4 Å². The van der Waals surface area contributed by atoms with Crippen LogP contribution in [0.3, 0.4) is 0 Å². The number of azo groups is 2. The standard InChI is InChI=1S/C40H27N9O12S5/c1-22-32(20-41)37(43-25-7-12-29(13-8-25)64(51,52)53)45-38(44-26-9-14-30(15-10-26)65(54,55)56)36(22)47-48-39-33(21-42)35(23-5-3-2-4-6-23)40(62-39)49-46-27-11-16-31-24(17-27)18-28(63-61-60-50)19-34(31)66(57,58)59/h2-19,50H,1H3,(H2,43,44,45)(H,51,52,53)(H,54,55,56)(H,57,58,59)/b48-47?,49-46+. The number of pyridine rings is 1. The van der Waals surface area contributed by atoms with Crippen LogP contribution >= 0.6 is 23.4 Å². The molecule has 0 amide bonds. The minimum Gasteiger partial charge on any atom is -0.339 e. The Kier molecular flexibility index (Phi) is 13.6. The molecule has 0 spiro atoms. The number of fused-ring (bicyclic) bond motifs is 1. The van der Waals surface area contributed by atoms with Crippen LogP contribution in [0, 0.1) is 29.6 Å². The van der Waals surface area contributed by atoms with Crippen LogP contribution in [0.1, 0.15) is 16.7 Å². The van der Waals surface area contributed by atoms with E-state index < -0.39 is 40.1 Å². The van der Waals surface area contributed by atoms with Gasteiger partial charge in [-0.2, -0.15) is 35.8 Å². The highest BCUT2D eigenvalue weighted by atomic mass is 32.2. The van der Waals surface area contributed by atoms with Gasteiger partial charge in [0.2, 0.25) is 0 Å². The van der Waals surface area contributed by atoms with Crippen LogP contribution in [-0.4, -0.2) is 49.2 Å². The molecule has 0 unspecified atom stereocenters. The maximum absolute atomic E-state index is 12.2. The van der Waals surface area contributed by atoms with Crippen LogP contribution < -0.4 is 10.6 Å². The number of hydrogen-bond donors (Lipinski definition) is 6. The van der Waals surface area contributed by atoms with Crippen molar-refractivity contribution in [1.82, 2.24) is 4.98 Å². The minimum absolute atomic E-state index is 0.00619. The molecule has 0 atom stereocenters. The molecule has 0 saturated carbocycles. The average Bonchev–Trinajstić information content (AvgIpc) is 3.64. The Bertz CT molecular complexity index is 3520. The fraction of sp³-hybridized carbons (Fsp3) is 0.0250. The lowest BCUT2D eigenvalue weighted by molar-refractivity contribution is -0.432. The minimum atomic E-state index is -4.72. The molecule has 0 radical (unpaired) electrons. The van der Waals surface area contributed by atoms with Crippen molar-refractivity contribution in [2.24, 2.45) is 20.5 Å². The zero-order valence-corrected chi connectivity index (χ0v) is 37.2. The van der Waals surface area contributed by atoms with Gasteiger partial charge in [-0.15, -0.1) is 24.8 Å². The lowest BCUT2D eigenvalue weighted by Crippen LogP contribution is -2.05. The van der Waals surface area contributed by atoms with Crippen LogP contribution in [0.2, 0.25) is 0 Å². The first-order valence-electron chi connectivity index (χ1n) is 18.2. The monoisotopic (exact) mass is 985 g/mol. The van der Waals surface area contributed by atoms with Crippen LogP contribution in [-0.2, 0) is 39.7 Å². The van der Waals surface area contributed by atoms with Crippen molar-refractivity contribution in [2.45, 2.75) is 26.5 Å². The van der Waals surface area contributed by atoms with Crippen molar-refractivity contribution in [1.29, 1.82) is 10.5 Å². The van der Waals surface area contributed by atoms with Crippen LogP contribution in [0.5, 0.6) is 0 Å². The second-order valence-corrected chi connectivity index (χ2v) is 19.4. The van der Waals surface area contributed by atoms with Crippen LogP contribution in [0.15, 0.2) is 149 Å². The van der Waals surface area contributed by atoms with Gasteiger partial charge >= 0.3 is 0 Å². The largest absolute Gasteiger partial charge is 0.339 e. The summed E-state index contributed by atoms with van der Waals surface area (Å²) in [6.07, 6.45) is 0. The number of aromatic nitrogens is 1. The number of thiophene rings is 1. The van der Waals surface area contributed by atoms with Crippen molar-refractivity contribution >= 4 is 109 Å². The molecular weight excluding hydrogens is 959 g/mol. The summed E-state index contributed by atoms with van der Waals surface area (Å²) in [6, 6.07) is 29.7. The first-order chi connectivity index (χ1) is 31.4. The van der Waals surface area contributed by atoms with E-state index in [0.29, 0.717) is 23.2 Å². The highest BCUT2D eigenvalue weighted by Crippen LogP contribution is 2.49. The Labute approximate surface area is 382 Å². The molecule has 7 rings (SSSR count). The van der Waals surface area contributed by atoms with Gasteiger partial charge in [0.1, 0.15) is 33.3 Å². The van der Waals surface area contributed by atoms with E-state index in [1.165, 1.54) is 48.5 Å². The van der Waals surface area contributed by atoms with Crippen molar-refractivity contribution < 1.29 is 53.5 Å². The van der Waals surface area contributed by atoms with Crippen LogP contribution in [0.4, 0.5) is 44.4 Å². The molecule has 66 heavy (non-hydrogen) atoms. The Morgan fingerprint density at radius 3 is 1.83 bits per heavy atom. The molecule has 2 heterocycles. The smallest absolute Gasteiger partial charge is 0.295 e. The lowest BCUT2D eigenvalue weighted by atomic mass is 10.0. The molecule has 5 aromatic carbocycles. The van der Waals surface area contributed by atoms with Gasteiger partial charge in [0.05, 0.1) is 33.1 Å². The zero-order chi connectivity index (χ0) is 47.4. The van der Waals surface area contributed by atoms with E-state index in [0.717, 1.165) is 41.7 Å². The summed E-state index contributed by atoms with van der Waals surface area (Å²) in [5, 5.41) is 57.5. The van der Waals surface area contributed by atoms with E-state index >= 15 is 0 Å². The fourth-order valence-corrected chi connectivity index (χ4v) is 9.36. The third-order valence-corrected chi connectivity index (χ3v) is 13.4. The maximum Gasteiger partial charge on any atom is 0.295 e. The van der Waals surface area contributed by atoms with E-state index in [2.05, 4.69) is 57.6 Å². The summed E-state index contributed by atoms with van der Waals surface area (Å²) in [4.78, 5) is 3.50. The summed E-state index contributed by atoms with van der Waals surface area (Å²) >= 11 is 1.40. The van der Waals surface area contributed by atoms with Gasteiger partial charge in [-0.25, -0.2) is 10.2 Å². The third-order valence-electron chi connectivity index (χ3n) is 9.21. The molecule has 0 aliphatic carbocycles. The quantitative estimate of drug-likeness (QED) is 0.0183. The molecule has 334 valence electrons. The van der Waals surface area contributed by atoms with Crippen molar-refractivity contribution in [3.63, 3.8) is 0 Å². The SMILES string of the molecule is Cc1c(C#N)c(Nc2ccc(S(=O)(=O)O)cc2)nc(Nc2ccc(S(=O)(=O)O)cc2)c1N=Nc1sc(/N=N/c2ccc3c(S(=O)(=O)O)cc(SOOO)cc3c2)c(-c2ccccc2)c1C#N. The van der Waals surface area contributed by atoms with E-state index in [4.69, 9.17) is 5.26 Å². The Balaban J connectivity index is 1.33. The number of nitrogens with one attached hydrogen (secondary N) is 2. The van der Waals surface area contributed by atoms with Gasteiger partial charge in [0.25, 0.3) is 30.4 Å². The third kappa shape index (κ3) is 10.6. The van der Waals surface area contributed by atoms with Crippen molar-refractivity contribution in [3.8, 4) is 23.3 Å². The van der Waals surface area contributed by atoms with E-state index in [1.807, 2.05) is 0 Å². The zero-order valence-electron chi connectivity index (χ0n) is 33.1. The molecule has 2 aromatic heterocycles. The molecule has 7 aromatic rings. The molecule has 0 bridgehead atoms. The summed E-state index contributed by atoms with van der Waals surface area (Å²) in [7, 11) is -13.8. The Hall–Kier alpha value is -7.05. The molecule has 6 N–H and O–H groups in total. The molecular formula is C40H27N9O12S5. The molecule has 0 fully saturated rings. The number of nitriles is 2. The predicted octanol–water partition coefficient (Wildman–Crippen LogP) is 10.5. The Morgan fingerprint density at radius 2 is 1.27 bits per heavy atom. The van der Waals surface area contributed by atoms with Crippen molar-refractivity contribution in [2.75, 3.05) is 10.6 Å². The summed E-state index contributed by atoms with van der Waals surface area (Å²) in [5.41, 5.74) is 1.86. The van der Waals surface area contributed by atoms with Gasteiger partial charge in [-0.3, -0.25) is 13.7 Å². The number of rotatable bonds is 15. The Morgan fingerprint density at radius 1 is 0.682 bits per heavy atom. The second-order valence-electron chi connectivity index (χ2n) is 13.4. The normalized spacial score (nSPS) is 12.1. The molecule has 21 nitrogen and oxygen atoms in total. The molecule has 0 aliphatic heterocycles. The maximum atomic E-state index is 12.2. The first-order valence-corrected chi connectivity index (χ1v) is 24.1. The highest BCUT2D eigenvalue weighted by Gasteiger charge is 2.23. The average molecular weight is 986 g/mol. The predicted molar refractivity (Wildman–Crippen MR) is 240 cm³/mol. The summed E-state index contributed by atoms with van der Waals surface area (Å²) < 4.78 is 104. The topological polar surface area (TPSA) is 336 Å². The van der Waals surface area contributed by atoms with Gasteiger partial charge < -0.3 is 10.6 Å². The number of hydrogen-bond acceptors (Lipinski definition) is 20. The molecule has 26 heteroatoms. The van der Waals surface area contributed by atoms with Gasteiger partial charge in [0, 0.05) is 32.8 Å². The molecule has 0 aliphatic rings. The fourth-order valence-electron chi connectivity index (χ4n) is 6.22. The number of nitrogens with zero attached hydrogens (tertiary/aromatic N) is 7. The van der Waals surface area contributed by atoms with Gasteiger partial charge in [0.15, 0.2) is 16.6 Å². The van der Waals surface area contributed by atoms with E-state index in [1.54, 1.807) is 37.3 Å².